The number of rotatable bonds is 6. The van der Waals surface area contributed by atoms with Gasteiger partial charge in [0.15, 0.2) is 0 Å². The van der Waals surface area contributed by atoms with Gasteiger partial charge in [0.05, 0.1) is 19.4 Å². The minimum atomic E-state index is -0.325. The Morgan fingerprint density at radius 1 is 1.03 bits per heavy atom. The van der Waals surface area contributed by atoms with Crippen LogP contribution >= 0.6 is 15.9 Å². The zero-order valence-corrected chi connectivity index (χ0v) is 17.5. The minimum absolute atomic E-state index is 0.275. The second-order valence-corrected chi connectivity index (χ2v) is 7.36. The van der Waals surface area contributed by atoms with E-state index in [0.717, 1.165) is 10.2 Å². The van der Waals surface area contributed by atoms with Crippen LogP contribution in [0.4, 0.5) is 27.9 Å². The molecule has 1 aromatic heterocycles. The third-order valence-electron chi connectivity index (χ3n) is 4.23. The van der Waals surface area contributed by atoms with Gasteiger partial charge in [-0.05, 0) is 35.9 Å². The van der Waals surface area contributed by atoms with E-state index in [-0.39, 0.29) is 11.8 Å². The van der Waals surface area contributed by atoms with E-state index >= 15 is 0 Å². The number of halogens is 2. The van der Waals surface area contributed by atoms with Gasteiger partial charge in [-0.1, -0.05) is 34.1 Å². The van der Waals surface area contributed by atoms with E-state index in [1.54, 1.807) is 12.1 Å². The summed E-state index contributed by atoms with van der Waals surface area (Å²) in [6.45, 7) is 2.60. The number of ether oxygens (including phenoxy) is 1. The lowest BCUT2D eigenvalue weighted by Gasteiger charge is -2.27. The summed E-state index contributed by atoms with van der Waals surface area (Å²) in [5.74, 6) is 0.855. The van der Waals surface area contributed by atoms with E-state index < -0.39 is 0 Å². The van der Waals surface area contributed by atoms with Gasteiger partial charge < -0.3 is 15.0 Å². The number of nitrogens with one attached hydrogen (secondary N) is 2. The van der Waals surface area contributed by atoms with Gasteiger partial charge in [-0.2, -0.15) is 20.1 Å². The molecule has 8 nitrogen and oxygen atoms in total. The molecule has 0 amide bonds. The normalized spacial score (nSPS) is 14.1. The fourth-order valence-corrected chi connectivity index (χ4v) is 3.22. The molecule has 30 heavy (non-hydrogen) atoms. The fraction of sp³-hybridized carbons (Fsp3) is 0.200. The summed E-state index contributed by atoms with van der Waals surface area (Å²) in [5, 5.41) is 7.32. The second-order valence-electron chi connectivity index (χ2n) is 6.44. The van der Waals surface area contributed by atoms with Gasteiger partial charge in [0.25, 0.3) is 0 Å². The molecule has 2 heterocycles. The van der Waals surface area contributed by atoms with E-state index in [2.05, 4.69) is 46.7 Å². The van der Waals surface area contributed by atoms with Crippen LogP contribution in [0.2, 0.25) is 0 Å². The molecule has 0 atom stereocenters. The molecular weight excluding hydrogens is 453 g/mol. The summed E-state index contributed by atoms with van der Waals surface area (Å²) in [7, 11) is 0. The Bertz CT molecular complexity index is 1040. The van der Waals surface area contributed by atoms with Crippen molar-refractivity contribution >= 4 is 45.7 Å². The van der Waals surface area contributed by atoms with Crippen molar-refractivity contribution in [2.24, 2.45) is 5.10 Å². The van der Waals surface area contributed by atoms with Crippen LogP contribution in [0.25, 0.3) is 0 Å². The Morgan fingerprint density at radius 2 is 1.83 bits per heavy atom. The van der Waals surface area contributed by atoms with Gasteiger partial charge in [-0.25, -0.2) is 9.82 Å². The van der Waals surface area contributed by atoms with Gasteiger partial charge in [-0.3, -0.25) is 0 Å². The Hall–Kier alpha value is -3.11. The number of benzene rings is 2. The van der Waals surface area contributed by atoms with Crippen molar-refractivity contribution in [1.82, 2.24) is 15.0 Å². The first-order valence-corrected chi connectivity index (χ1v) is 10.1. The lowest BCUT2D eigenvalue weighted by atomic mass is 10.2. The molecule has 0 aliphatic carbocycles. The first-order chi connectivity index (χ1) is 14.7. The minimum Gasteiger partial charge on any atom is -0.378 e. The Balaban J connectivity index is 1.57. The Kier molecular flexibility index (Phi) is 6.45. The Morgan fingerprint density at radius 3 is 2.63 bits per heavy atom. The van der Waals surface area contributed by atoms with E-state index in [0.29, 0.717) is 43.8 Å². The SMILES string of the molecule is Fc1cccc(C=NNc2nc(Nc3cccc(Br)c3)nc(N3CCOCC3)n2)c1. The highest BCUT2D eigenvalue weighted by molar-refractivity contribution is 9.10. The number of aromatic nitrogens is 3. The number of anilines is 4. The number of nitrogens with zero attached hydrogens (tertiary/aromatic N) is 5. The van der Waals surface area contributed by atoms with Crippen molar-refractivity contribution in [3.63, 3.8) is 0 Å². The first-order valence-electron chi connectivity index (χ1n) is 9.32. The molecule has 0 bridgehead atoms. The zero-order chi connectivity index (χ0) is 20.8. The average Bonchev–Trinajstić information content (AvgIpc) is 2.74. The lowest BCUT2D eigenvalue weighted by molar-refractivity contribution is 0.122. The molecule has 0 radical (unpaired) electrons. The number of hydrogen-bond donors (Lipinski definition) is 2. The molecule has 4 rings (SSSR count). The van der Waals surface area contributed by atoms with Crippen molar-refractivity contribution in [2.45, 2.75) is 0 Å². The number of morpholine rings is 1. The highest BCUT2D eigenvalue weighted by Crippen LogP contribution is 2.21. The monoisotopic (exact) mass is 471 g/mol. The molecular formula is C20H19BrFN7O. The van der Waals surface area contributed by atoms with Gasteiger partial charge >= 0.3 is 0 Å². The smallest absolute Gasteiger partial charge is 0.250 e. The maximum atomic E-state index is 13.3. The summed E-state index contributed by atoms with van der Waals surface area (Å²) in [6.07, 6.45) is 1.50. The maximum Gasteiger partial charge on any atom is 0.250 e. The summed E-state index contributed by atoms with van der Waals surface area (Å²) < 4.78 is 19.7. The van der Waals surface area contributed by atoms with Crippen LogP contribution in [-0.2, 0) is 4.74 Å². The summed E-state index contributed by atoms with van der Waals surface area (Å²) >= 11 is 3.45. The standard InChI is InChI=1S/C20H19BrFN7O/c21-15-4-2-6-17(12-15)24-18-25-19(27-20(26-18)29-7-9-30-10-8-29)28-23-13-14-3-1-5-16(22)11-14/h1-6,11-13H,7-10H2,(H2,24,25,26,27,28). The third kappa shape index (κ3) is 5.49. The molecule has 1 aliphatic heterocycles. The summed E-state index contributed by atoms with van der Waals surface area (Å²) in [5.41, 5.74) is 4.26. The maximum absolute atomic E-state index is 13.3. The van der Waals surface area contributed by atoms with Crippen molar-refractivity contribution in [2.75, 3.05) is 41.9 Å². The van der Waals surface area contributed by atoms with Crippen molar-refractivity contribution in [3.8, 4) is 0 Å². The predicted molar refractivity (Wildman–Crippen MR) is 118 cm³/mol. The largest absolute Gasteiger partial charge is 0.378 e. The quantitative estimate of drug-likeness (QED) is 0.417. The summed E-state index contributed by atoms with van der Waals surface area (Å²) in [6, 6.07) is 13.8. The molecule has 3 aromatic rings. The van der Waals surface area contributed by atoms with Crippen molar-refractivity contribution in [1.29, 1.82) is 0 Å². The molecule has 0 spiro atoms. The number of hydrogen-bond acceptors (Lipinski definition) is 8. The van der Waals surface area contributed by atoms with Crippen LogP contribution in [0.1, 0.15) is 5.56 Å². The van der Waals surface area contributed by atoms with Crippen molar-refractivity contribution < 1.29 is 9.13 Å². The highest BCUT2D eigenvalue weighted by atomic mass is 79.9. The van der Waals surface area contributed by atoms with Crippen LogP contribution < -0.4 is 15.6 Å². The first kappa shape index (κ1) is 20.2. The highest BCUT2D eigenvalue weighted by Gasteiger charge is 2.16. The van der Waals surface area contributed by atoms with Gasteiger partial charge in [-0.15, -0.1) is 0 Å². The van der Waals surface area contributed by atoms with Crippen LogP contribution in [0.3, 0.4) is 0 Å². The van der Waals surface area contributed by atoms with E-state index in [1.165, 1.54) is 18.3 Å². The van der Waals surface area contributed by atoms with Crippen LogP contribution in [0.15, 0.2) is 58.1 Å². The number of hydrazone groups is 1. The molecule has 2 aromatic carbocycles. The van der Waals surface area contributed by atoms with E-state index in [1.807, 2.05) is 29.2 Å². The molecule has 1 fully saturated rings. The van der Waals surface area contributed by atoms with Crippen LogP contribution in [0, 0.1) is 5.82 Å². The molecule has 154 valence electrons. The molecule has 10 heteroatoms. The van der Waals surface area contributed by atoms with E-state index in [9.17, 15) is 4.39 Å². The summed E-state index contributed by atoms with van der Waals surface area (Å²) in [4.78, 5) is 15.4. The topological polar surface area (TPSA) is 87.6 Å². The van der Waals surface area contributed by atoms with Gasteiger partial charge in [0.2, 0.25) is 17.8 Å². The molecule has 0 unspecified atom stereocenters. The Labute approximate surface area is 181 Å². The molecule has 1 aliphatic rings. The third-order valence-corrected chi connectivity index (χ3v) is 4.72. The average molecular weight is 472 g/mol. The molecule has 0 saturated carbocycles. The van der Waals surface area contributed by atoms with Crippen molar-refractivity contribution in [3.05, 3.63) is 64.4 Å². The fourth-order valence-electron chi connectivity index (χ4n) is 2.82. The predicted octanol–water partition coefficient (Wildman–Crippen LogP) is 3.80. The molecule has 2 N–H and O–H groups in total. The lowest BCUT2D eigenvalue weighted by Crippen LogP contribution is -2.37. The van der Waals surface area contributed by atoms with Gasteiger partial charge in [0.1, 0.15) is 5.82 Å². The zero-order valence-electron chi connectivity index (χ0n) is 15.9. The molecule has 1 saturated heterocycles. The van der Waals surface area contributed by atoms with E-state index in [4.69, 9.17) is 4.74 Å². The van der Waals surface area contributed by atoms with Crippen LogP contribution in [0.5, 0.6) is 0 Å². The van der Waals surface area contributed by atoms with Crippen LogP contribution in [-0.4, -0.2) is 47.5 Å². The second kappa shape index (κ2) is 9.59. The van der Waals surface area contributed by atoms with Gasteiger partial charge in [0, 0.05) is 23.2 Å².